The third kappa shape index (κ3) is 3.69. The number of hydrogen-bond acceptors (Lipinski definition) is 5. The quantitative estimate of drug-likeness (QED) is 0.252. The molecule has 1 heterocycles. The third-order valence-corrected chi connectivity index (χ3v) is 4.75. The average Bonchev–Trinajstić information content (AvgIpc) is 3.08. The van der Waals surface area contributed by atoms with E-state index in [-0.39, 0.29) is 0 Å². The van der Waals surface area contributed by atoms with Crippen LogP contribution in [0.2, 0.25) is 0 Å². The van der Waals surface area contributed by atoms with Crippen LogP contribution in [0.3, 0.4) is 0 Å². The van der Waals surface area contributed by atoms with Crippen LogP contribution in [0, 0.1) is 13.8 Å². The monoisotopic (exact) mass is 378 g/mol. The standard InChI is InChI=1S/C23H22O5/c1-5-20(24)26-13-7-8-16-9-10-17-18-11-12-19(27-21(25)6-2)15(4)23(18)28-22(17)14(16)3/h5-6,9-12H,1-2,7-8,13H2,3-4H3. The first kappa shape index (κ1) is 19.4. The van der Waals surface area contributed by atoms with Gasteiger partial charge in [0.15, 0.2) is 0 Å². The minimum absolute atomic E-state index is 0.347. The van der Waals surface area contributed by atoms with Gasteiger partial charge in [0, 0.05) is 28.5 Å². The van der Waals surface area contributed by atoms with Crippen LogP contribution < -0.4 is 4.74 Å². The van der Waals surface area contributed by atoms with Crippen molar-refractivity contribution < 1.29 is 23.5 Å². The molecule has 3 aromatic rings. The van der Waals surface area contributed by atoms with E-state index in [2.05, 4.69) is 19.2 Å². The van der Waals surface area contributed by atoms with Crippen LogP contribution in [0.1, 0.15) is 23.1 Å². The summed E-state index contributed by atoms with van der Waals surface area (Å²) in [4.78, 5) is 22.6. The lowest BCUT2D eigenvalue weighted by molar-refractivity contribution is -0.137. The van der Waals surface area contributed by atoms with E-state index >= 15 is 0 Å². The number of hydrogen-bond donors (Lipinski definition) is 0. The summed E-state index contributed by atoms with van der Waals surface area (Å²) in [5.74, 6) is -0.458. The Hall–Kier alpha value is -3.34. The van der Waals surface area contributed by atoms with Gasteiger partial charge in [-0.2, -0.15) is 0 Å². The van der Waals surface area contributed by atoms with E-state index in [0.29, 0.717) is 24.4 Å². The van der Waals surface area contributed by atoms with Crippen molar-refractivity contribution >= 4 is 33.9 Å². The molecule has 0 saturated carbocycles. The number of benzene rings is 2. The van der Waals surface area contributed by atoms with Crippen molar-refractivity contribution in [2.75, 3.05) is 6.61 Å². The fraction of sp³-hybridized carbons (Fsp3) is 0.217. The van der Waals surface area contributed by atoms with Gasteiger partial charge < -0.3 is 13.9 Å². The van der Waals surface area contributed by atoms with Crippen LogP contribution in [0.5, 0.6) is 5.75 Å². The third-order valence-electron chi connectivity index (χ3n) is 4.75. The average molecular weight is 378 g/mol. The summed E-state index contributed by atoms with van der Waals surface area (Å²) in [6.07, 6.45) is 3.77. The van der Waals surface area contributed by atoms with Gasteiger partial charge in [-0.1, -0.05) is 25.3 Å². The molecule has 0 amide bonds. The molecule has 0 aliphatic carbocycles. The van der Waals surface area contributed by atoms with E-state index in [4.69, 9.17) is 13.9 Å². The summed E-state index contributed by atoms with van der Waals surface area (Å²) < 4.78 is 16.5. The molecule has 0 unspecified atom stereocenters. The van der Waals surface area contributed by atoms with E-state index in [1.54, 1.807) is 6.07 Å². The van der Waals surface area contributed by atoms with Crippen molar-refractivity contribution in [3.05, 3.63) is 66.3 Å². The number of furan rings is 1. The van der Waals surface area contributed by atoms with E-state index in [1.165, 1.54) is 0 Å². The summed E-state index contributed by atoms with van der Waals surface area (Å²) in [6, 6.07) is 7.77. The SMILES string of the molecule is C=CC(=O)OCCCc1ccc2c(oc3c(C)c(OC(=O)C=C)ccc32)c1C. The molecular formula is C23H22O5. The van der Waals surface area contributed by atoms with Gasteiger partial charge in [-0.15, -0.1) is 0 Å². The van der Waals surface area contributed by atoms with E-state index in [9.17, 15) is 9.59 Å². The first-order valence-electron chi connectivity index (χ1n) is 9.04. The summed E-state index contributed by atoms with van der Waals surface area (Å²) in [7, 11) is 0. The number of ether oxygens (including phenoxy) is 2. The highest BCUT2D eigenvalue weighted by molar-refractivity contribution is 6.07. The van der Waals surface area contributed by atoms with Crippen molar-refractivity contribution in [2.45, 2.75) is 26.7 Å². The molecular weight excluding hydrogens is 356 g/mol. The lowest BCUT2D eigenvalue weighted by atomic mass is 10.0. The summed E-state index contributed by atoms with van der Waals surface area (Å²) >= 11 is 0. The van der Waals surface area contributed by atoms with Crippen molar-refractivity contribution in [1.29, 1.82) is 0 Å². The minimum atomic E-state index is -0.505. The molecule has 5 nitrogen and oxygen atoms in total. The van der Waals surface area contributed by atoms with Crippen molar-refractivity contribution in [3.8, 4) is 5.75 Å². The second kappa shape index (κ2) is 8.13. The smallest absolute Gasteiger partial charge is 0.335 e. The highest BCUT2D eigenvalue weighted by atomic mass is 16.5. The fourth-order valence-corrected chi connectivity index (χ4v) is 3.22. The second-order valence-electron chi connectivity index (χ2n) is 6.49. The van der Waals surface area contributed by atoms with Crippen LogP contribution >= 0.6 is 0 Å². The molecule has 28 heavy (non-hydrogen) atoms. The number of carbonyl (C=O) groups excluding carboxylic acids is 2. The Kier molecular flexibility index (Phi) is 5.64. The highest BCUT2D eigenvalue weighted by Crippen LogP contribution is 2.37. The van der Waals surface area contributed by atoms with Gasteiger partial charge in [0.25, 0.3) is 0 Å². The number of aryl methyl sites for hydroxylation is 3. The molecule has 0 fully saturated rings. The Balaban J connectivity index is 1.91. The predicted octanol–water partition coefficient (Wildman–Crippen LogP) is 4.96. The Morgan fingerprint density at radius 3 is 2.29 bits per heavy atom. The first-order valence-corrected chi connectivity index (χ1v) is 9.04. The molecule has 144 valence electrons. The molecule has 0 spiro atoms. The molecule has 3 rings (SSSR count). The number of fused-ring (bicyclic) bond motifs is 3. The van der Waals surface area contributed by atoms with Crippen molar-refractivity contribution in [1.82, 2.24) is 0 Å². The number of carbonyl (C=O) groups is 2. The van der Waals surface area contributed by atoms with Crippen LogP contribution in [-0.4, -0.2) is 18.5 Å². The summed E-state index contributed by atoms with van der Waals surface area (Å²) in [6.45, 7) is 11.0. The molecule has 0 aliphatic rings. The lowest BCUT2D eigenvalue weighted by Gasteiger charge is -2.06. The summed E-state index contributed by atoms with van der Waals surface area (Å²) in [5.41, 5.74) is 4.46. The van der Waals surface area contributed by atoms with Gasteiger partial charge in [0.1, 0.15) is 16.9 Å². The maximum absolute atomic E-state index is 11.5. The van der Waals surface area contributed by atoms with Crippen LogP contribution in [0.4, 0.5) is 0 Å². The van der Waals surface area contributed by atoms with Gasteiger partial charge in [-0.3, -0.25) is 0 Å². The Bertz CT molecular complexity index is 1090. The maximum Gasteiger partial charge on any atom is 0.335 e. The van der Waals surface area contributed by atoms with Gasteiger partial charge in [-0.25, -0.2) is 9.59 Å². The van der Waals surface area contributed by atoms with Gasteiger partial charge >= 0.3 is 11.9 Å². The van der Waals surface area contributed by atoms with E-state index in [0.717, 1.165) is 51.6 Å². The zero-order valence-electron chi connectivity index (χ0n) is 16.0. The summed E-state index contributed by atoms with van der Waals surface area (Å²) in [5, 5.41) is 1.99. The first-order chi connectivity index (χ1) is 13.5. The van der Waals surface area contributed by atoms with Gasteiger partial charge in [0.05, 0.1) is 6.61 Å². The molecule has 0 atom stereocenters. The molecule has 0 N–H and O–H groups in total. The van der Waals surface area contributed by atoms with Gasteiger partial charge in [-0.05, 0) is 49.9 Å². The minimum Gasteiger partial charge on any atom is -0.463 e. The molecule has 1 aromatic heterocycles. The normalized spacial score (nSPS) is 10.8. The molecule has 2 aromatic carbocycles. The molecule has 0 aliphatic heterocycles. The Morgan fingerprint density at radius 2 is 1.61 bits per heavy atom. The largest absolute Gasteiger partial charge is 0.463 e. The highest BCUT2D eigenvalue weighted by Gasteiger charge is 2.16. The zero-order chi connectivity index (χ0) is 20.3. The molecule has 0 saturated heterocycles. The van der Waals surface area contributed by atoms with E-state index in [1.807, 2.05) is 26.0 Å². The zero-order valence-corrected chi connectivity index (χ0v) is 16.0. The second-order valence-corrected chi connectivity index (χ2v) is 6.49. The van der Waals surface area contributed by atoms with Crippen molar-refractivity contribution in [3.63, 3.8) is 0 Å². The predicted molar refractivity (Wildman–Crippen MR) is 109 cm³/mol. The molecule has 0 bridgehead atoms. The fourth-order valence-electron chi connectivity index (χ4n) is 3.22. The lowest BCUT2D eigenvalue weighted by Crippen LogP contribution is -2.04. The van der Waals surface area contributed by atoms with Crippen LogP contribution in [-0.2, 0) is 20.7 Å². The van der Waals surface area contributed by atoms with Gasteiger partial charge in [0.2, 0.25) is 0 Å². The molecule has 0 radical (unpaired) electrons. The van der Waals surface area contributed by atoms with Crippen LogP contribution in [0.25, 0.3) is 21.9 Å². The van der Waals surface area contributed by atoms with Crippen molar-refractivity contribution in [2.24, 2.45) is 0 Å². The molecule has 5 heteroatoms. The Morgan fingerprint density at radius 1 is 0.964 bits per heavy atom. The topological polar surface area (TPSA) is 65.7 Å². The number of rotatable bonds is 7. The van der Waals surface area contributed by atoms with E-state index < -0.39 is 11.9 Å². The Labute approximate surface area is 163 Å². The maximum atomic E-state index is 11.5. The number of esters is 2. The van der Waals surface area contributed by atoms with Crippen LogP contribution in [0.15, 0.2) is 54.0 Å².